The van der Waals surface area contributed by atoms with Crippen molar-refractivity contribution in [2.75, 3.05) is 6.67 Å². The number of rotatable bonds is 2. The van der Waals surface area contributed by atoms with Crippen LogP contribution in [0.2, 0.25) is 0 Å². The van der Waals surface area contributed by atoms with Crippen molar-refractivity contribution in [3.63, 3.8) is 0 Å². The van der Waals surface area contributed by atoms with Gasteiger partial charge in [-0.3, -0.25) is 0 Å². The molecule has 0 aromatic heterocycles. The van der Waals surface area contributed by atoms with E-state index in [1.54, 1.807) is 6.07 Å². The van der Waals surface area contributed by atoms with Gasteiger partial charge in [0, 0.05) is 0 Å². The molecule has 0 bridgehead atoms. The lowest BCUT2D eigenvalue weighted by molar-refractivity contribution is 0.436. The molecular weight excluding hydrogens is 184 g/mol. The van der Waals surface area contributed by atoms with E-state index in [4.69, 9.17) is 5.73 Å². The molecule has 4 heteroatoms. The van der Waals surface area contributed by atoms with Gasteiger partial charge in [0.05, 0.1) is 6.04 Å². The predicted molar refractivity (Wildman–Crippen MR) is 46.6 cm³/mol. The van der Waals surface area contributed by atoms with Crippen LogP contribution < -0.4 is 5.73 Å². The molecule has 68 valence electrons. The van der Waals surface area contributed by atoms with Crippen molar-refractivity contribution < 1.29 is 8.78 Å². The molecule has 1 rings (SSSR count). The van der Waals surface area contributed by atoms with Crippen molar-refractivity contribution in [3.05, 3.63) is 35.6 Å². The van der Waals surface area contributed by atoms with E-state index in [-0.39, 0.29) is 18.2 Å². The molecule has 12 heavy (non-hydrogen) atoms. The Morgan fingerprint density at radius 2 is 2.08 bits per heavy atom. The van der Waals surface area contributed by atoms with Crippen molar-refractivity contribution in [2.24, 2.45) is 5.73 Å². The fraction of sp³-hybridized carbons (Fsp3) is 0.250. The zero-order chi connectivity index (χ0) is 8.27. The molecule has 0 aliphatic heterocycles. The highest BCUT2D eigenvalue weighted by atomic mass is 35.5. The second-order valence-corrected chi connectivity index (χ2v) is 2.32. The highest BCUT2D eigenvalue weighted by Gasteiger charge is 2.04. The highest BCUT2D eigenvalue weighted by Crippen LogP contribution is 2.11. The van der Waals surface area contributed by atoms with E-state index in [0.717, 1.165) is 0 Å². The Hall–Kier alpha value is -0.670. The average Bonchev–Trinajstić information content (AvgIpc) is 2.03. The van der Waals surface area contributed by atoms with Crippen LogP contribution in [0.1, 0.15) is 11.6 Å². The summed E-state index contributed by atoms with van der Waals surface area (Å²) in [6.45, 7) is -0.663. The van der Waals surface area contributed by atoms with Gasteiger partial charge in [0.1, 0.15) is 12.5 Å². The maximum atomic E-state index is 12.5. The minimum Gasteiger partial charge on any atom is -0.322 e. The number of hydrogen-bond acceptors (Lipinski definition) is 1. The molecule has 0 aliphatic rings. The molecule has 0 spiro atoms. The van der Waals surface area contributed by atoms with Gasteiger partial charge in [0.15, 0.2) is 0 Å². The van der Waals surface area contributed by atoms with Crippen LogP contribution in [0, 0.1) is 5.82 Å². The molecule has 0 radical (unpaired) electrons. The molecule has 1 atom stereocenters. The normalized spacial score (nSPS) is 11.9. The Bertz CT molecular complexity index is 242. The van der Waals surface area contributed by atoms with E-state index in [1.807, 2.05) is 0 Å². The first-order valence-corrected chi connectivity index (χ1v) is 3.31. The molecule has 0 unspecified atom stereocenters. The van der Waals surface area contributed by atoms with Gasteiger partial charge < -0.3 is 5.73 Å². The van der Waals surface area contributed by atoms with Crippen LogP contribution in [-0.4, -0.2) is 6.67 Å². The van der Waals surface area contributed by atoms with Crippen LogP contribution in [0.15, 0.2) is 24.3 Å². The van der Waals surface area contributed by atoms with Gasteiger partial charge in [-0.25, -0.2) is 8.78 Å². The quantitative estimate of drug-likeness (QED) is 0.766. The first-order chi connectivity index (χ1) is 5.24. The largest absolute Gasteiger partial charge is 0.322 e. The van der Waals surface area contributed by atoms with Gasteiger partial charge in [-0.05, 0) is 17.7 Å². The van der Waals surface area contributed by atoms with Gasteiger partial charge in [-0.15, -0.1) is 12.4 Å². The SMILES string of the molecule is Cl.N[C@H](CF)c1cccc(F)c1. The van der Waals surface area contributed by atoms with Crippen molar-refractivity contribution in [3.8, 4) is 0 Å². The minimum atomic E-state index is -0.703. The first kappa shape index (κ1) is 11.3. The number of hydrogen-bond donors (Lipinski definition) is 1. The Morgan fingerprint density at radius 1 is 1.42 bits per heavy atom. The second kappa shape index (κ2) is 5.06. The maximum absolute atomic E-state index is 12.5. The molecular formula is C8H10ClF2N. The third-order valence-corrected chi connectivity index (χ3v) is 1.44. The molecule has 1 aromatic carbocycles. The zero-order valence-electron chi connectivity index (χ0n) is 6.34. The van der Waals surface area contributed by atoms with E-state index >= 15 is 0 Å². The Morgan fingerprint density at radius 3 is 2.58 bits per heavy atom. The summed E-state index contributed by atoms with van der Waals surface area (Å²) >= 11 is 0. The van der Waals surface area contributed by atoms with Crippen LogP contribution in [0.25, 0.3) is 0 Å². The fourth-order valence-corrected chi connectivity index (χ4v) is 0.826. The van der Waals surface area contributed by atoms with Gasteiger partial charge >= 0.3 is 0 Å². The van der Waals surface area contributed by atoms with Crippen molar-refractivity contribution >= 4 is 12.4 Å². The lowest BCUT2D eigenvalue weighted by Crippen LogP contribution is -2.11. The second-order valence-electron chi connectivity index (χ2n) is 2.32. The third-order valence-electron chi connectivity index (χ3n) is 1.44. The lowest BCUT2D eigenvalue weighted by atomic mass is 10.1. The van der Waals surface area contributed by atoms with Gasteiger partial charge in [-0.2, -0.15) is 0 Å². The Labute approximate surface area is 76.0 Å². The number of halogens is 3. The van der Waals surface area contributed by atoms with Gasteiger partial charge in [0.25, 0.3) is 0 Å². The monoisotopic (exact) mass is 193 g/mol. The standard InChI is InChI=1S/C8H9F2N.ClH/c9-5-8(11)6-2-1-3-7(10)4-6;/h1-4,8H,5,11H2;1H/t8-;/m1./s1. The van der Waals surface area contributed by atoms with E-state index in [0.29, 0.717) is 5.56 Å². The predicted octanol–water partition coefficient (Wildman–Crippen LogP) is 2.22. The number of alkyl halides is 1. The van der Waals surface area contributed by atoms with Crippen molar-refractivity contribution in [1.29, 1.82) is 0 Å². The lowest BCUT2D eigenvalue weighted by Gasteiger charge is -2.05. The third kappa shape index (κ3) is 2.75. The number of benzene rings is 1. The van der Waals surface area contributed by atoms with Crippen molar-refractivity contribution in [2.45, 2.75) is 6.04 Å². The molecule has 0 heterocycles. The summed E-state index contributed by atoms with van der Waals surface area (Å²) < 4.78 is 24.4. The van der Waals surface area contributed by atoms with Crippen LogP contribution >= 0.6 is 12.4 Å². The summed E-state index contributed by atoms with van der Waals surface area (Å²) in [5.74, 6) is -0.383. The maximum Gasteiger partial charge on any atom is 0.123 e. The van der Waals surface area contributed by atoms with Crippen molar-refractivity contribution in [1.82, 2.24) is 0 Å². The fourth-order valence-electron chi connectivity index (χ4n) is 0.826. The van der Waals surface area contributed by atoms with Crippen LogP contribution in [-0.2, 0) is 0 Å². The molecule has 0 aliphatic carbocycles. The topological polar surface area (TPSA) is 26.0 Å². The van der Waals surface area contributed by atoms with Crippen LogP contribution in [0.4, 0.5) is 8.78 Å². The molecule has 0 fully saturated rings. The molecule has 0 saturated carbocycles. The molecule has 1 nitrogen and oxygen atoms in total. The van der Waals surface area contributed by atoms with E-state index in [2.05, 4.69) is 0 Å². The Kier molecular flexibility index (Phi) is 4.78. The smallest absolute Gasteiger partial charge is 0.123 e. The molecule has 2 N–H and O–H groups in total. The average molecular weight is 194 g/mol. The molecule has 0 amide bonds. The Balaban J connectivity index is 0.00000121. The van der Waals surface area contributed by atoms with Crippen LogP contribution in [0.5, 0.6) is 0 Å². The highest BCUT2D eigenvalue weighted by molar-refractivity contribution is 5.85. The molecule has 0 saturated heterocycles. The van der Waals surface area contributed by atoms with E-state index in [9.17, 15) is 8.78 Å². The summed E-state index contributed by atoms with van der Waals surface area (Å²) in [4.78, 5) is 0. The number of nitrogens with two attached hydrogens (primary N) is 1. The van der Waals surface area contributed by atoms with Gasteiger partial charge in [0.2, 0.25) is 0 Å². The summed E-state index contributed by atoms with van der Waals surface area (Å²) in [6, 6.07) is 4.96. The van der Waals surface area contributed by atoms with Crippen LogP contribution in [0.3, 0.4) is 0 Å². The summed E-state index contributed by atoms with van der Waals surface area (Å²) in [5, 5.41) is 0. The molecule has 1 aromatic rings. The van der Waals surface area contributed by atoms with E-state index < -0.39 is 12.7 Å². The first-order valence-electron chi connectivity index (χ1n) is 3.31. The summed E-state index contributed by atoms with van der Waals surface area (Å²) in [5.41, 5.74) is 5.81. The van der Waals surface area contributed by atoms with E-state index in [1.165, 1.54) is 18.2 Å². The minimum absolute atomic E-state index is 0. The van der Waals surface area contributed by atoms with Gasteiger partial charge in [-0.1, -0.05) is 12.1 Å². The summed E-state index contributed by atoms with van der Waals surface area (Å²) in [6.07, 6.45) is 0. The zero-order valence-corrected chi connectivity index (χ0v) is 7.15. The summed E-state index contributed by atoms with van der Waals surface area (Å²) in [7, 11) is 0.